The second-order valence-corrected chi connectivity index (χ2v) is 5.04. The maximum absolute atomic E-state index is 11.8. The molecular formula is C19H17N3O. The van der Waals surface area contributed by atoms with Crippen molar-refractivity contribution in [2.75, 3.05) is 5.32 Å². The Hall–Kier alpha value is -3.14. The summed E-state index contributed by atoms with van der Waals surface area (Å²) in [6.07, 6.45) is 6.88. The van der Waals surface area contributed by atoms with Gasteiger partial charge in [0.15, 0.2) is 0 Å². The van der Waals surface area contributed by atoms with Crippen LogP contribution in [0.2, 0.25) is 0 Å². The van der Waals surface area contributed by atoms with Crippen molar-refractivity contribution in [1.29, 1.82) is 0 Å². The van der Waals surface area contributed by atoms with Crippen LogP contribution in [0.15, 0.2) is 79.1 Å². The zero-order valence-corrected chi connectivity index (χ0v) is 12.8. The van der Waals surface area contributed by atoms with Crippen molar-refractivity contribution >= 4 is 11.6 Å². The van der Waals surface area contributed by atoms with Gasteiger partial charge in [0.1, 0.15) is 0 Å². The Balaban J connectivity index is 1.99. The first-order chi connectivity index (χ1) is 11.3. The summed E-state index contributed by atoms with van der Waals surface area (Å²) in [4.78, 5) is 11.8. The Morgan fingerprint density at radius 3 is 2.78 bits per heavy atom. The van der Waals surface area contributed by atoms with E-state index in [1.54, 1.807) is 12.3 Å². The van der Waals surface area contributed by atoms with Gasteiger partial charge in [-0.1, -0.05) is 36.4 Å². The van der Waals surface area contributed by atoms with E-state index in [-0.39, 0.29) is 5.91 Å². The third-order valence-corrected chi connectivity index (χ3v) is 3.43. The van der Waals surface area contributed by atoms with E-state index in [1.807, 2.05) is 72.4 Å². The van der Waals surface area contributed by atoms with Gasteiger partial charge in [-0.3, -0.25) is 4.79 Å². The molecule has 0 aliphatic heterocycles. The van der Waals surface area contributed by atoms with Crippen LogP contribution in [-0.4, -0.2) is 15.7 Å². The van der Waals surface area contributed by atoms with Gasteiger partial charge >= 0.3 is 0 Å². The summed E-state index contributed by atoms with van der Waals surface area (Å²) >= 11 is 0. The third kappa shape index (κ3) is 3.37. The molecule has 0 radical (unpaired) electrons. The number of nitrogens with one attached hydrogen (secondary N) is 1. The fourth-order valence-electron chi connectivity index (χ4n) is 2.41. The summed E-state index contributed by atoms with van der Waals surface area (Å²) in [6.45, 7) is 1.82. The smallest absolute Gasteiger partial charge is 0.248 e. The Kier molecular flexibility index (Phi) is 4.34. The highest BCUT2D eigenvalue weighted by Gasteiger charge is 2.07. The molecule has 23 heavy (non-hydrogen) atoms. The van der Waals surface area contributed by atoms with Gasteiger partial charge in [0.25, 0.3) is 0 Å². The van der Waals surface area contributed by atoms with Gasteiger partial charge in [0.2, 0.25) is 5.91 Å². The largest absolute Gasteiger partial charge is 0.322 e. The number of hydrogen-bond donors (Lipinski definition) is 1. The minimum atomic E-state index is -0.136. The summed E-state index contributed by atoms with van der Waals surface area (Å²) in [5.74, 6) is -0.136. The van der Waals surface area contributed by atoms with E-state index in [0.29, 0.717) is 0 Å². The van der Waals surface area contributed by atoms with Gasteiger partial charge in [-0.05, 0) is 42.8 Å². The second-order valence-electron chi connectivity index (χ2n) is 5.04. The monoisotopic (exact) mass is 303 g/mol. The number of amides is 1. The molecule has 0 unspecified atom stereocenters. The van der Waals surface area contributed by atoms with Crippen LogP contribution in [0.5, 0.6) is 0 Å². The molecule has 0 fully saturated rings. The van der Waals surface area contributed by atoms with Crippen molar-refractivity contribution in [3.05, 3.63) is 79.1 Å². The molecule has 0 spiro atoms. The molecule has 2 aromatic carbocycles. The Morgan fingerprint density at radius 1 is 1.13 bits per heavy atom. The lowest BCUT2D eigenvalue weighted by molar-refractivity contribution is -0.111. The molecule has 1 amide bonds. The van der Waals surface area contributed by atoms with Gasteiger partial charge in [-0.2, -0.15) is 5.10 Å². The number of carbonyl (C=O) groups is 1. The normalized spacial score (nSPS) is 10.8. The van der Waals surface area contributed by atoms with Gasteiger partial charge in [-0.25, -0.2) is 4.68 Å². The first-order valence-corrected chi connectivity index (χ1v) is 7.41. The molecule has 114 valence electrons. The van der Waals surface area contributed by atoms with Crippen LogP contribution >= 0.6 is 0 Å². The summed E-state index contributed by atoms with van der Waals surface area (Å²) in [7, 11) is 0. The van der Waals surface area contributed by atoms with Crippen LogP contribution in [-0.2, 0) is 4.79 Å². The van der Waals surface area contributed by atoms with Crippen molar-refractivity contribution in [2.45, 2.75) is 6.92 Å². The maximum Gasteiger partial charge on any atom is 0.248 e. The maximum atomic E-state index is 11.8. The predicted molar refractivity (Wildman–Crippen MR) is 92.4 cm³/mol. The number of carbonyl (C=O) groups excluding carboxylic acids is 1. The van der Waals surface area contributed by atoms with Crippen LogP contribution in [0.4, 0.5) is 5.69 Å². The van der Waals surface area contributed by atoms with Crippen molar-refractivity contribution < 1.29 is 4.79 Å². The van der Waals surface area contributed by atoms with E-state index in [1.165, 1.54) is 6.08 Å². The topological polar surface area (TPSA) is 46.9 Å². The summed E-state index contributed by atoms with van der Waals surface area (Å²) in [5, 5.41) is 7.17. The van der Waals surface area contributed by atoms with Crippen molar-refractivity contribution in [3.8, 4) is 16.8 Å². The average molecular weight is 303 g/mol. The molecule has 4 heteroatoms. The molecule has 3 rings (SSSR count). The number of rotatable bonds is 4. The number of nitrogens with zero attached hydrogens (tertiary/aromatic N) is 2. The second kappa shape index (κ2) is 6.75. The van der Waals surface area contributed by atoms with Crippen LogP contribution in [0.3, 0.4) is 0 Å². The Bertz CT molecular complexity index is 835. The molecule has 0 aliphatic rings. The quantitative estimate of drug-likeness (QED) is 0.739. The molecular weight excluding hydrogens is 286 g/mol. The van der Waals surface area contributed by atoms with Crippen LogP contribution in [0, 0.1) is 0 Å². The molecule has 0 bridgehead atoms. The minimum absolute atomic E-state index is 0.136. The van der Waals surface area contributed by atoms with E-state index in [0.717, 1.165) is 22.5 Å². The highest BCUT2D eigenvalue weighted by molar-refractivity contribution is 6.02. The van der Waals surface area contributed by atoms with E-state index >= 15 is 0 Å². The molecule has 1 N–H and O–H groups in total. The molecule has 0 saturated carbocycles. The highest BCUT2D eigenvalue weighted by atomic mass is 16.1. The van der Waals surface area contributed by atoms with Crippen LogP contribution < -0.4 is 5.32 Å². The fraction of sp³-hybridized carbons (Fsp3) is 0.0526. The molecule has 0 atom stereocenters. The first-order valence-electron chi connectivity index (χ1n) is 7.41. The lowest BCUT2D eigenvalue weighted by Crippen LogP contribution is -2.08. The number of aromatic nitrogens is 2. The molecule has 1 heterocycles. The zero-order chi connectivity index (χ0) is 16.1. The van der Waals surface area contributed by atoms with Crippen molar-refractivity contribution in [3.63, 3.8) is 0 Å². The summed E-state index contributed by atoms with van der Waals surface area (Å²) in [5.41, 5.74) is 3.75. The van der Waals surface area contributed by atoms with Crippen molar-refractivity contribution in [1.82, 2.24) is 9.78 Å². The van der Waals surface area contributed by atoms with E-state index in [2.05, 4.69) is 10.4 Å². The summed E-state index contributed by atoms with van der Waals surface area (Å²) in [6, 6.07) is 17.7. The highest BCUT2D eigenvalue weighted by Crippen LogP contribution is 2.29. The zero-order valence-electron chi connectivity index (χ0n) is 12.8. The standard InChI is InChI=1S/C19H17N3O/c1-2-7-19(23)21-18-11-4-3-10-17(18)15-8-5-9-16(14-15)22-13-6-12-20-22/h2-14H,1H3,(H,21,23). The van der Waals surface area contributed by atoms with Crippen molar-refractivity contribution in [2.24, 2.45) is 0 Å². The SMILES string of the molecule is CC=CC(=O)Nc1ccccc1-c1cccc(-n2cccn2)c1. The lowest BCUT2D eigenvalue weighted by Gasteiger charge is -2.11. The summed E-state index contributed by atoms with van der Waals surface area (Å²) < 4.78 is 1.81. The molecule has 1 aromatic heterocycles. The van der Waals surface area contributed by atoms with Gasteiger partial charge < -0.3 is 5.32 Å². The number of anilines is 1. The molecule has 0 aliphatic carbocycles. The molecule has 4 nitrogen and oxygen atoms in total. The van der Waals surface area contributed by atoms with Crippen LogP contribution in [0.25, 0.3) is 16.8 Å². The minimum Gasteiger partial charge on any atom is -0.322 e. The number of hydrogen-bond acceptors (Lipinski definition) is 2. The first kappa shape index (κ1) is 14.8. The Labute approximate surface area is 135 Å². The molecule has 0 saturated heterocycles. The fourth-order valence-corrected chi connectivity index (χ4v) is 2.41. The van der Waals surface area contributed by atoms with Gasteiger partial charge in [0, 0.05) is 23.6 Å². The lowest BCUT2D eigenvalue weighted by atomic mass is 10.0. The van der Waals surface area contributed by atoms with E-state index in [4.69, 9.17) is 0 Å². The van der Waals surface area contributed by atoms with E-state index in [9.17, 15) is 4.79 Å². The van der Waals surface area contributed by atoms with Crippen LogP contribution in [0.1, 0.15) is 6.92 Å². The van der Waals surface area contributed by atoms with E-state index < -0.39 is 0 Å². The number of allylic oxidation sites excluding steroid dienone is 1. The average Bonchev–Trinajstić information content (AvgIpc) is 3.10. The van der Waals surface area contributed by atoms with Gasteiger partial charge in [0.05, 0.1) is 5.69 Å². The van der Waals surface area contributed by atoms with Gasteiger partial charge in [-0.15, -0.1) is 0 Å². The number of benzene rings is 2. The Morgan fingerprint density at radius 2 is 2.00 bits per heavy atom. The molecule has 3 aromatic rings. The third-order valence-electron chi connectivity index (χ3n) is 3.43. The predicted octanol–water partition coefficient (Wildman–Crippen LogP) is 4.05. The number of para-hydroxylation sites is 1.